The lowest BCUT2D eigenvalue weighted by atomic mass is 10.2. The molecule has 28 heavy (non-hydrogen) atoms. The molecule has 3 aromatic rings. The van der Waals surface area contributed by atoms with Gasteiger partial charge in [0.2, 0.25) is 5.91 Å². The molecule has 0 aliphatic carbocycles. The number of nitrogens with zero attached hydrogens (tertiary/aromatic N) is 4. The second-order valence-corrected chi connectivity index (χ2v) is 7.30. The van der Waals surface area contributed by atoms with E-state index >= 15 is 0 Å². The number of rotatable bonds is 5. The number of fused-ring (bicyclic) bond motifs is 1. The predicted molar refractivity (Wildman–Crippen MR) is 107 cm³/mol. The third kappa shape index (κ3) is 3.94. The Kier molecular flexibility index (Phi) is 5.16. The van der Waals surface area contributed by atoms with Crippen LogP contribution in [0.25, 0.3) is 11.1 Å². The number of hydrogen-bond donors (Lipinski definition) is 0. The molecule has 4 rings (SSSR count). The van der Waals surface area contributed by atoms with Crippen LogP contribution in [0.5, 0.6) is 0 Å². The van der Waals surface area contributed by atoms with Crippen molar-refractivity contribution in [1.82, 2.24) is 9.88 Å². The fourth-order valence-electron chi connectivity index (χ4n) is 3.13. The van der Waals surface area contributed by atoms with Gasteiger partial charge in [0.1, 0.15) is 5.52 Å². The van der Waals surface area contributed by atoms with Gasteiger partial charge in [-0.25, -0.2) is 4.98 Å². The van der Waals surface area contributed by atoms with Crippen LogP contribution < -0.4 is 4.90 Å². The van der Waals surface area contributed by atoms with Gasteiger partial charge in [0.15, 0.2) is 5.58 Å². The van der Waals surface area contributed by atoms with Crippen LogP contribution >= 0.6 is 11.8 Å². The van der Waals surface area contributed by atoms with Crippen molar-refractivity contribution in [2.45, 2.75) is 5.22 Å². The third-order valence-corrected chi connectivity index (χ3v) is 5.46. The summed E-state index contributed by atoms with van der Waals surface area (Å²) in [5.41, 5.74) is 2.51. The number of carbonyl (C=O) groups is 1. The fraction of sp³-hybridized carbons (Fsp3) is 0.263. The number of nitro benzene ring substituents is 1. The van der Waals surface area contributed by atoms with Gasteiger partial charge in [-0.3, -0.25) is 14.9 Å². The van der Waals surface area contributed by atoms with E-state index in [1.54, 1.807) is 12.1 Å². The number of carbonyl (C=O) groups excluding carboxylic acids is 1. The van der Waals surface area contributed by atoms with E-state index in [1.165, 1.54) is 23.9 Å². The summed E-state index contributed by atoms with van der Waals surface area (Å²) in [6.07, 6.45) is 0. The van der Waals surface area contributed by atoms with Crippen LogP contribution in [0.15, 0.2) is 58.2 Å². The minimum Gasteiger partial charge on any atom is -0.431 e. The van der Waals surface area contributed by atoms with Gasteiger partial charge in [-0.2, -0.15) is 0 Å². The number of benzene rings is 2. The van der Waals surface area contributed by atoms with Crippen LogP contribution in [0.2, 0.25) is 0 Å². The monoisotopic (exact) mass is 398 g/mol. The van der Waals surface area contributed by atoms with Gasteiger partial charge >= 0.3 is 0 Å². The minimum atomic E-state index is -0.408. The first-order valence-electron chi connectivity index (χ1n) is 8.86. The van der Waals surface area contributed by atoms with Crippen molar-refractivity contribution in [2.24, 2.45) is 0 Å². The Morgan fingerprint density at radius 2 is 1.82 bits per heavy atom. The fourth-order valence-corrected chi connectivity index (χ4v) is 3.87. The molecule has 9 heteroatoms. The average molecular weight is 398 g/mol. The molecule has 2 heterocycles. The molecule has 1 saturated heterocycles. The normalized spacial score (nSPS) is 14.4. The number of amides is 1. The molecule has 0 unspecified atom stereocenters. The molecule has 1 fully saturated rings. The van der Waals surface area contributed by atoms with Crippen molar-refractivity contribution < 1.29 is 14.1 Å². The number of thioether (sulfide) groups is 1. The maximum absolute atomic E-state index is 12.5. The molecule has 2 aromatic carbocycles. The maximum Gasteiger partial charge on any atom is 0.269 e. The molecule has 144 valence electrons. The molecular weight excluding hydrogens is 380 g/mol. The van der Waals surface area contributed by atoms with Gasteiger partial charge in [0.05, 0.1) is 10.7 Å². The zero-order chi connectivity index (χ0) is 19.5. The second-order valence-electron chi connectivity index (χ2n) is 6.38. The first-order chi connectivity index (χ1) is 13.6. The van der Waals surface area contributed by atoms with E-state index in [0.29, 0.717) is 37.0 Å². The molecule has 0 bridgehead atoms. The summed E-state index contributed by atoms with van der Waals surface area (Å²) in [6, 6.07) is 14.0. The smallest absolute Gasteiger partial charge is 0.269 e. The highest BCUT2D eigenvalue weighted by Crippen LogP contribution is 2.24. The number of nitro groups is 1. The number of oxazole rings is 1. The first kappa shape index (κ1) is 18.3. The van der Waals surface area contributed by atoms with Gasteiger partial charge < -0.3 is 14.2 Å². The SMILES string of the molecule is O=C(CSc1nc2ccccc2o1)N1CCN(c2ccc([N+](=O)[O-])cc2)CC1. The number of para-hydroxylation sites is 2. The molecule has 1 aromatic heterocycles. The summed E-state index contributed by atoms with van der Waals surface area (Å²) < 4.78 is 5.63. The third-order valence-electron chi connectivity index (χ3n) is 4.65. The van der Waals surface area contributed by atoms with E-state index < -0.39 is 4.92 Å². The van der Waals surface area contributed by atoms with E-state index in [0.717, 1.165) is 11.2 Å². The van der Waals surface area contributed by atoms with Crippen LogP contribution in [0.1, 0.15) is 0 Å². The molecule has 8 nitrogen and oxygen atoms in total. The van der Waals surface area contributed by atoms with Gasteiger partial charge in [-0.15, -0.1) is 0 Å². The van der Waals surface area contributed by atoms with Gasteiger partial charge in [0, 0.05) is 44.0 Å². The Morgan fingerprint density at radius 1 is 1.11 bits per heavy atom. The minimum absolute atomic E-state index is 0.0515. The quantitative estimate of drug-likeness (QED) is 0.370. The Hall–Kier alpha value is -3.07. The molecule has 0 spiro atoms. The van der Waals surface area contributed by atoms with Crippen LogP contribution in [-0.4, -0.2) is 52.6 Å². The largest absolute Gasteiger partial charge is 0.431 e. The number of piperazine rings is 1. The summed E-state index contributed by atoms with van der Waals surface area (Å²) in [4.78, 5) is 31.2. The van der Waals surface area contributed by atoms with Gasteiger partial charge in [-0.05, 0) is 24.3 Å². The summed E-state index contributed by atoms with van der Waals surface area (Å²) in [7, 11) is 0. The number of hydrogen-bond acceptors (Lipinski definition) is 7. The standard InChI is InChI=1S/C19H18N4O4S/c24-18(13-28-19-20-16-3-1-2-4-17(16)27-19)22-11-9-21(10-12-22)14-5-7-15(8-6-14)23(25)26/h1-8H,9-13H2. The van der Waals surface area contributed by atoms with Crippen molar-refractivity contribution in [3.8, 4) is 0 Å². The van der Waals surface area contributed by atoms with E-state index in [4.69, 9.17) is 4.42 Å². The average Bonchev–Trinajstić information content (AvgIpc) is 3.15. The number of aromatic nitrogens is 1. The van der Waals surface area contributed by atoms with Crippen molar-refractivity contribution in [1.29, 1.82) is 0 Å². The molecule has 0 radical (unpaired) electrons. The highest BCUT2D eigenvalue weighted by molar-refractivity contribution is 7.99. The van der Waals surface area contributed by atoms with Crippen molar-refractivity contribution in [2.75, 3.05) is 36.8 Å². The molecule has 0 saturated carbocycles. The highest BCUT2D eigenvalue weighted by atomic mass is 32.2. The lowest BCUT2D eigenvalue weighted by Gasteiger charge is -2.36. The molecule has 1 aliphatic rings. The molecule has 0 N–H and O–H groups in total. The molecule has 0 atom stereocenters. The Labute approximate surface area is 165 Å². The van der Waals surface area contributed by atoms with E-state index in [-0.39, 0.29) is 17.3 Å². The topological polar surface area (TPSA) is 92.7 Å². The van der Waals surface area contributed by atoms with Crippen LogP contribution in [0, 0.1) is 10.1 Å². The van der Waals surface area contributed by atoms with Gasteiger partial charge in [-0.1, -0.05) is 23.9 Å². The molecule has 1 aliphatic heterocycles. The maximum atomic E-state index is 12.5. The summed E-state index contributed by atoms with van der Waals surface area (Å²) >= 11 is 1.30. The molecule has 1 amide bonds. The predicted octanol–water partition coefficient (Wildman–Crippen LogP) is 3.18. The summed E-state index contributed by atoms with van der Waals surface area (Å²) in [6.45, 7) is 2.61. The Balaban J connectivity index is 1.29. The first-order valence-corrected chi connectivity index (χ1v) is 9.84. The Bertz CT molecular complexity index is 964. The lowest BCUT2D eigenvalue weighted by molar-refractivity contribution is -0.384. The second kappa shape index (κ2) is 7.89. The van der Waals surface area contributed by atoms with Crippen LogP contribution in [0.4, 0.5) is 11.4 Å². The summed E-state index contributed by atoms with van der Waals surface area (Å²) in [5.74, 6) is 0.334. The zero-order valence-corrected chi connectivity index (χ0v) is 15.8. The van der Waals surface area contributed by atoms with E-state index in [2.05, 4.69) is 9.88 Å². The highest BCUT2D eigenvalue weighted by Gasteiger charge is 2.22. The number of non-ortho nitro benzene ring substituents is 1. The van der Waals surface area contributed by atoms with E-state index in [1.807, 2.05) is 29.2 Å². The molecular formula is C19H18N4O4S. The van der Waals surface area contributed by atoms with Crippen LogP contribution in [0.3, 0.4) is 0 Å². The van der Waals surface area contributed by atoms with Crippen molar-refractivity contribution in [3.05, 3.63) is 58.6 Å². The van der Waals surface area contributed by atoms with Crippen LogP contribution in [-0.2, 0) is 4.79 Å². The Morgan fingerprint density at radius 3 is 2.50 bits per heavy atom. The number of anilines is 1. The zero-order valence-electron chi connectivity index (χ0n) is 15.0. The van der Waals surface area contributed by atoms with Crippen molar-refractivity contribution >= 4 is 40.1 Å². The summed E-state index contributed by atoms with van der Waals surface area (Å²) in [5, 5.41) is 11.3. The lowest BCUT2D eigenvalue weighted by Crippen LogP contribution is -2.49. The van der Waals surface area contributed by atoms with E-state index in [9.17, 15) is 14.9 Å². The van der Waals surface area contributed by atoms with Crippen molar-refractivity contribution in [3.63, 3.8) is 0 Å². The van der Waals surface area contributed by atoms with Gasteiger partial charge in [0.25, 0.3) is 10.9 Å².